The van der Waals surface area contributed by atoms with Gasteiger partial charge in [0.2, 0.25) is 0 Å². The Kier molecular flexibility index (Phi) is 4.62. The molecule has 0 amide bonds. The fourth-order valence-electron chi connectivity index (χ4n) is 2.58. The highest BCUT2D eigenvalue weighted by molar-refractivity contribution is 6.29. The Morgan fingerprint density at radius 2 is 1.81 bits per heavy atom. The van der Waals surface area contributed by atoms with Gasteiger partial charge in [0, 0.05) is 24.0 Å². The van der Waals surface area contributed by atoms with E-state index in [1.165, 1.54) is 0 Å². The number of pyridine rings is 3. The molecular formula is C20H15ClN4O. The van der Waals surface area contributed by atoms with Gasteiger partial charge >= 0.3 is 0 Å². The van der Waals surface area contributed by atoms with Gasteiger partial charge in [-0.25, -0.2) is 9.97 Å². The van der Waals surface area contributed by atoms with Crippen LogP contribution in [0.25, 0.3) is 10.8 Å². The first kappa shape index (κ1) is 16.3. The standard InChI is InChI=1S/C20H15ClN4O/c21-19-4-1-16(12-24-19)25-20-18-3-2-17(11-15(18)7-10-23-20)26-13-14-5-8-22-9-6-14/h1-12H,13H2,(H,23,25). The van der Waals surface area contributed by atoms with Gasteiger partial charge in [0.1, 0.15) is 23.3 Å². The van der Waals surface area contributed by atoms with E-state index in [9.17, 15) is 0 Å². The topological polar surface area (TPSA) is 59.9 Å². The third-order valence-electron chi connectivity index (χ3n) is 3.88. The summed E-state index contributed by atoms with van der Waals surface area (Å²) in [5.74, 6) is 1.56. The van der Waals surface area contributed by atoms with Gasteiger partial charge in [-0.1, -0.05) is 11.6 Å². The van der Waals surface area contributed by atoms with E-state index < -0.39 is 0 Å². The second kappa shape index (κ2) is 7.37. The highest BCUT2D eigenvalue weighted by Gasteiger charge is 2.05. The van der Waals surface area contributed by atoms with Crippen molar-refractivity contribution in [3.05, 3.63) is 84.0 Å². The van der Waals surface area contributed by atoms with Crippen LogP contribution in [0.3, 0.4) is 0 Å². The minimum atomic E-state index is 0.456. The lowest BCUT2D eigenvalue weighted by Crippen LogP contribution is -1.97. The number of ether oxygens (including phenoxy) is 1. The maximum absolute atomic E-state index is 5.88. The Labute approximate surface area is 155 Å². The second-order valence-corrected chi connectivity index (χ2v) is 6.07. The van der Waals surface area contributed by atoms with Crippen molar-refractivity contribution in [3.8, 4) is 5.75 Å². The second-order valence-electron chi connectivity index (χ2n) is 5.68. The van der Waals surface area contributed by atoms with E-state index in [-0.39, 0.29) is 0 Å². The number of nitrogens with zero attached hydrogens (tertiary/aromatic N) is 3. The van der Waals surface area contributed by atoms with Crippen LogP contribution < -0.4 is 10.1 Å². The molecule has 0 radical (unpaired) electrons. The molecule has 1 N–H and O–H groups in total. The lowest BCUT2D eigenvalue weighted by atomic mass is 10.1. The zero-order valence-corrected chi connectivity index (χ0v) is 14.5. The molecule has 4 aromatic rings. The van der Waals surface area contributed by atoms with Crippen LogP contribution in [-0.2, 0) is 6.61 Å². The smallest absolute Gasteiger partial charge is 0.138 e. The quantitative estimate of drug-likeness (QED) is 0.506. The molecule has 3 heterocycles. The van der Waals surface area contributed by atoms with E-state index in [1.807, 2.05) is 42.5 Å². The third-order valence-corrected chi connectivity index (χ3v) is 4.10. The van der Waals surface area contributed by atoms with Crippen LogP contribution in [0.15, 0.2) is 73.3 Å². The van der Waals surface area contributed by atoms with E-state index in [0.29, 0.717) is 11.8 Å². The van der Waals surface area contributed by atoms with Crippen LogP contribution in [0.1, 0.15) is 5.56 Å². The van der Waals surface area contributed by atoms with Crippen LogP contribution in [0, 0.1) is 0 Å². The molecule has 5 nitrogen and oxygen atoms in total. The Hall–Kier alpha value is -3.18. The van der Waals surface area contributed by atoms with Crippen LogP contribution in [-0.4, -0.2) is 15.0 Å². The van der Waals surface area contributed by atoms with Crippen LogP contribution >= 0.6 is 11.6 Å². The molecule has 4 rings (SSSR count). The zero-order chi connectivity index (χ0) is 17.8. The van der Waals surface area contributed by atoms with Crippen molar-refractivity contribution < 1.29 is 4.74 Å². The molecule has 0 saturated heterocycles. The van der Waals surface area contributed by atoms with Gasteiger partial charge < -0.3 is 10.1 Å². The van der Waals surface area contributed by atoms with Crippen LogP contribution in [0.2, 0.25) is 5.15 Å². The molecule has 1 aromatic carbocycles. The number of benzene rings is 1. The van der Waals surface area contributed by atoms with Gasteiger partial charge in [-0.3, -0.25) is 4.98 Å². The predicted octanol–water partition coefficient (Wildman–Crippen LogP) is 5.00. The minimum absolute atomic E-state index is 0.456. The average Bonchev–Trinajstić information content (AvgIpc) is 2.69. The SMILES string of the molecule is Clc1ccc(Nc2nccc3cc(OCc4ccncc4)ccc23)cn1. The Morgan fingerprint density at radius 1 is 0.923 bits per heavy atom. The van der Waals surface area contributed by atoms with E-state index in [1.54, 1.807) is 30.9 Å². The molecule has 0 aliphatic rings. The summed E-state index contributed by atoms with van der Waals surface area (Å²) in [5.41, 5.74) is 1.90. The Bertz CT molecular complexity index is 1020. The first-order valence-electron chi connectivity index (χ1n) is 8.07. The van der Waals surface area contributed by atoms with E-state index in [2.05, 4.69) is 20.3 Å². The highest BCUT2D eigenvalue weighted by atomic mass is 35.5. The molecule has 0 aliphatic heterocycles. The molecule has 0 saturated carbocycles. The van der Waals surface area contributed by atoms with Gasteiger partial charge in [-0.15, -0.1) is 0 Å². The lowest BCUT2D eigenvalue weighted by Gasteiger charge is -2.11. The first-order chi connectivity index (χ1) is 12.8. The predicted molar refractivity (Wildman–Crippen MR) is 103 cm³/mol. The van der Waals surface area contributed by atoms with E-state index in [4.69, 9.17) is 16.3 Å². The molecule has 0 fully saturated rings. The summed E-state index contributed by atoms with van der Waals surface area (Å²) in [5, 5.41) is 5.76. The van der Waals surface area contributed by atoms with Crippen molar-refractivity contribution in [1.82, 2.24) is 15.0 Å². The third kappa shape index (κ3) is 3.73. The molecule has 0 aliphatic carbocycles. The number of rotatable bonds is 5. The van der Waals surface area contributed by atoms with Crippen molar-refractivity contribution >= 4 is 33.9 Å². The maximum atomic E-state index is 5.88. The summed E-state index contributed by atoms with van der Waals surface area (Å²) in [7, 11) is 0. The van der Waals surface area contributed by atoms with Crippen molar-refractivity contribution in [3.63, 3.8) is 0 Å². The van der Waals surface area contributed by atoms with Gasteiger partial charge in [0.25, 0.3) is 0 Å². The molecule has 26 heavy (non-hydrogen) atoms. The van der Waals surface area contributed by atoms with Crippen LogP contribution in [0.4, 0.5) is 11.5 Å². The number of hydrogen-bond donors (Lipinski definition) is 1. The molecule has 0 spiro atoms. The minimum Gasteiger partial charge on any atom is -0.489 e. The fraction of sp³-hybridized carbons (Fsp3) is 0.0500. The molecular weight excluding hydrogens is 348 g/mol. The summed E-state index contributed by atoms with van der Waals surface area (Å²) in [4.78, 5) is 12.5. The van der Waals surface area contributed by atoms with Gasteiger partial charge in [0.05, 0.1) is 11.9 Å². The first-order valence-corrected chi connectivity index (χ1v) is 8.45. The number of fused-ring (bicyclic) bond motifs is 1. The molecule has 6 heteroatoms. The number of anilines is 2. The summed E-state index contributed by atoms with van der Waals surface area (Å²) < 4.78 is 5.88. The monoisotopic (exact) mass is 362 g/mol. The Morgan fingerprint density at radius 3 is 2.62 bits per heavy atom. The zero-order valence-electron chi connectivity index (χ0n) is 13.8. The van der Waals surface area contributed by atoms with Gasteiger partial charge in [0.15, 0.2) is 0 Å². The molecule has 3 aromatic heterocycles. The lowest BCUT2D eigenvalue weighted by molar-refractivity contribution is 0.306. The fourth-order valence-corrected chi connectivity index (χ4v) is 2.69. The van der Waals surface area contributed by atoms with Gasteiger partial charge in [-0.05, 0) is 59.5 Å². The summed E-state index contributed by atoms with van der Waals surface area (Å²) in [6.45, 7) is 0.501. The van der Waals surface area contributed by atoms with Crippen molar-refractivity contribution in [2.45, 2.75) is 6.61 Å². The van der Waals surface area contributed by atoms with Crippen LogP contribution in [0.5, 0.6) is 5.75 Å². The molecule has 0 bridgehead atoms. The van der Waals surface area contributed by atoms with Gasteiger partial charge in [-0.2, -0.15) is 0 Å². The number of hydrogen-bond acceptors (Lipinski definition) is 5. The number of halogens is 1. The van der Waals surface area contributed by atoms with E-state index in [0.717, 1.165) is 33.6 Å². The summed E-state index contributed by atoms with van der Waals surface area (Å²) >= 11 is 5.83. The van der Waals surface area contributed by atoms with E-state index >= 15 is 0 Å². The van der Waals surface area contributed by atoms with Crippen molar-refractivity contribution in [2.75, 3.05) is 5.32 Å². The molecule has 128 valence electrons. The number of nitrogens with one attached hydrogen (secondary N) is 1. The summed E-state index contributed by atoms with van der Waals surface area (Å²) in [6.07, 6.45) is 6.96. The largest absolute Gasteiger partial charge is 0.489 e. The Balaban J connectivity index is 1.56. The number of aromatic nitrogens is 3. The van der Waals surface area contributed by atoms with Crippen molar-refractivity contribution in [1.29, 1.82) is 0 Å². The average molecular weight is 363 g/mol. The normalized spacial score (nSPS) is 10.7. The molecule has 0 unspecified atom stereocenters. The summed E-state index contributed by atoms with van der Waals surface area (Å²) in [6, 6.07) is 15.4. The molecule has 0 atom stereocenters. The maximum Gasteiger partial charge on any atom is 0.138 e. The van der Waals surface area contributed by atoms with Crippen molar-refractivity contribution in [2.24, 2.45) is 0 Å². The highest BCUT2D eigenvalue weighted by Crippen LogP contribution is 2.28.